The highest BCUT2D eigenvalue weighted by Crippen LogP contribution is 2.38. The summed E-state index contributed by atoms with van der Waals surface area (Å²) in [4.78, 5) is 53.0. The second-order valence-electron chi connectivity index (χ2n) is 8.60. The Labute approximate surface area is 198 Å². The number of rotatable bonds is 4. The molecule has 5 rings (SSSR count). The van der Waals surface area contributed by atoms with Crippen molar-refractivity contribution in [2.24, 2.45) is 0 Å². The number of amides is 1. The molecule has 3 N–H and O–H groups in total. The first-order valence-corrected chi connectivity index (χ1v) is 11.0. The average Bonchev–Trinajstić information content (AvgIpc) is 3.17. The molecule has 1 atom stereocenters. The van der Waals surface area contributed by atoms with Gasteiger partial charge >= 0.3 is 11.9 Å². The van der Waals surface area contributed by atoms with E-state index in [2.05, 4.69) is 5.32 Å². The predicted molar refractivity (Wildman–Crippen MR) is 124 cm³/mol. The van der Waals surface area contributed by atoms with Gasteiger partial charge in [-0.25, -0.2) is 14.6 Å². The van der Waals surface area contributed by atoms with E-state index >= 15 is 0 Å². The van der Waals surface area contributed by atoms with Gasteiger partial charge in [-0.15, -0.1) is 0 Å². The van der Waals surface area contributed by atoms with Crippen molar-refractivity contribution in [1.29, 1.82) is 0 Å². The summed E-state index contributed by atoms with van der Waals surface area (Å²) in [6.45, 7) is 2.93. The van der Waals surface area contributed by atoms with Gasteiger partial charge in [-0.1, -0.05) is 13.0 Å². The molecule has 1 amide bonds. The molecular weight excluding hydrogens is 454 g/mol. The number of carboxylic acid groups (broad SMARTS) is 1. The number of cyclic esters (lactones) is 1. The quantitative estimate of drug-likeness (QED) is 0.298. The lowest BCUT2D eigenvalue weighted by molar-refractivity contribution is -0.172. The van der Waals surface area contributed by atoms with Crippen LogP contribution in [0.5, 0.6) is 0 Å². The number of fused-ring (bicyclic) bond motifs is 5. The van der Waals surface area contributed by atoms with Crippen molar-refractivity contribution in [2.75, 3.05) is 0 Å². The standard InChI is InChI=1S/C25H21N3O7/c1-3-25(34)17-9-20-21-15(10-28(20)22(30)16(17)11-35-24(25)33)8-14-6-13(4-5-18(14)27-21)7-19(23(31)32)26-12(2)29/h4-9,34H,3,10-11H2,1-2H3,(H,26,29)(H,31,32)/t25-/m0/s1. The lowest BCUT2D eigenvalue weighted by Crippen LogP contribution is -2.44. The number of esters is 1. The molecule has 2 aliphatic rings. The second kappa shape index (κ2) is 7.88. The van der Waals surface area contributed by atoms with E-state index < -0.39 is 23.4 Å². The second-order valence-corrected chi connectivity index (χ2v) is 8.60. The SMILES string of the molecule is CC[C@@]1(O)C(=O)OCc2c1cc1n(c2=O)Cc2cc3cc(C=C(NC(C)=O)C(=O)O)ccc3nc2-1. The number of carbonyl (C=O) groups excluding carboxylic acids is 2. The van der Waals surface area contributed by atoms with E-state index in [-0.39, 0.29) is 42.0 Å². The maximum Gasteiger partial charge on any atom is 0.352 e. The van der Waals surface area contributed by atoms with Crippen molar-refractivity contribution in [2.45, 2.75) is 39.0 Å². The number of aromatic nitrogens is 2. The zero-order valence-electron chi connectivity index (χ0n) is 18.9. The molecule has 0 bridgehead atoms. The van der Waals surface area contributed by atoms with Crippen LogP contribution in [0, 0.1) is 0 Å². The molecule has 4 heterocycles. The van der Waals surface area contributed by atoms with E-state index in [1.54, 1.807) is 35.8 Å². The highest BCUT2D eigenvalue weighted by atomic mass is 16.6. The van der Waals surface area contributed by atoms with Gasteiger partial charge in [0, 0.05) is 23.4 Å². The summed E-state index contributed by atoms with van der Waals surface area (Å²) in [5, 5.41) is 23.3. The number of pyridine rings is 2. The molecule has 2 aromatic heterocycles. The van der Waals surface area contributed by atoms with E-state index in [1.807, 2.05) is 6.07 Å². The molecule has 35 heavy (non-hydrogen) atoms. The fourth-order valence-corrected chi connectivity index (χ4v) is 4.60. The Morgan fingerprint density at radius 3 is 2.71 bits per heavy atom. The molecule has 0 unspecified atom stereocenters. The molecule has 0 aliphatic carbocycles. The number of benzene rings is 1. The molecule has 1 aromatic carbocycles. The minimum atomic E-state index is -1.89. The van der Waals surface area contributed by atoms with Crippen molar-refractivity contribution in [3.05, 3.63) is 68.6 Å². The molecule has 3 aromatic rings. The van der Waals surface area contributed by atoms with Crippen LogP contribution in [0.15, 0.2) is 40.8 Å². The summed E-state index contributed by atoms with van der Waals surface area (Å²) < 4.78 is 6.63. The molecule has 0 spiro atoms. The number of ether oxygens (including phenoxy) is 1. The lowest BCUT2D eigenvalue weighted by atomic mass is 9.86. The Morgan fingerprint density at radius 2 is 2.03 bits per heavy atom. The fraction of sp³-hybridized carbons (Fsp3) is 0.240. The average molecular weight is 475 g/mol. The Hall–Kier alpha value is -4.31. The monoisotopic (exact) mass is 475 g/mol. The first kappa shape index (κ1) is 22.5. The fourth-order valence-electron chi connectivity index (χ4n) is 4.60. The molecule has 0 saturated heterocycles. The predicted octanol–water partition coefficient (Wildman–Crippen LogP) is 1.64. The van der Waals surface area contributed by atoms with E-state index in [1.165, 1.54) is 13.0 Å². The number of carboxylic acids is 1. The van der Waals surface area contributed by atoms with Gasteiger partial charge in [-0.3, -0.25) is 9.59 Å². The molecule has 178 valence electrons. The summed E-state index contributed by atoms with van der Waals surface area (Å²) >= 11 is 0. The number of hydrogen-bond donors (Lipinski definition) is 3. The summed E-state index contributed by atoms with van der Waals surface area (Å²) in [6.07, 6.45) is 1.42. The largest absolute Gasteiger partial charge is 0.477 e. The summed E-state index contributed by atoms with van der Waals surface area (Å²) in [5.41, 5.74) is 1.03. The van der Waals surface area contributed by atoms with Crippen molar-refractivity contribution < 1.29 is 29.3 Å². The molecule has 0 saturated carbocycles. The van der Waals surface area contributed by atoms with Gasteiger partial charge in [0.25, 0.3) is 5.56 Å². The summed E-state index contributed by atoms with van der Waals surface area (Å²) in [6, 6.07) is 8.65. The Balaban J connectivity index is 1.63. The van der Waals surface area contributed by atoms with Crippen LogP contribution in [-0.4, -0.2) is 37.6 Å². The smallest absolute Gasteiger partial charge is 0.352 e. The van der Waals surface area contributed by atoms with Gasteiger partial charge in [0.15, 0.2) is 5.60 Å². The van der Waals surface area contributed by atoms with Crippen molar-refractivity contribution >= 4 is 34.8 Å². The van der Waals surface area contributed by atoms with Crippen molar-refractivity contribution in [3.8, 4) is 11.4 Å². The first-order chi connectivity index (χ1) is 16.6. The van der Waals surface area contributed by atoms with Crippen LogP contribution in [-0.2, 0) is 37.9 Å². The van der Waals surface area contributed by atoms with Gasteiger partial charge in [0.2, 0.25) is 5.91 Å². The van der Waals surface area contributed by atoms with Crippen LogP contribution in [0.3, 0.4) is 0 Å². The van der Waals surface area contributed by atoms with Crippen LogP contribution in [0.25, 0.3) is 28.4 Å². The number of aliphatic hydroxyl groups is 1. The third kappa shape index (κ3) is 3.50. The van der Waals surface area contributed by atoms with E-state index in [0.29, 0.717) is 22.5 Å². The molecule has 10 heteroatoms. The Morgan fingerprint density at radius 1 is 1.26 bits per heavy atom. The van der Waals surface area contributed by atoms with Gasteiger partial charge in [-0.2, -0.15) is 0 Å². The number of nitrogens with one attached hydrogen (secondary N) is 1. The Bertz CT molecular complexity index is 1550. The molecular formula is C25H21N3O7. The molecule has 0 radical (unpaired) electrons. The van der Waals surface area contributed by atoms with E-state index in [4.69, 9.17) is 9.72 Å². The number of aliphatic carboxylic acids is 1. The van der Waals surface area contributed by atoms with Crippen LogP contribution >= 0.6 is 0 Å². The maximum absolute atomic E-state index is 13.2. The normalized spacial score (nSPS) is 18.5. The van der Waals surface area contributed by atoms with Crippen molar-refractivity contribution in [3.63, 3.8) is 0 Å². The Kier molecular flexibility index (Phi) is 5.06. The van der Waals surface area contributed by atoms with E-state index in [9.17, 15) is 29.4 Å². The first-order valence-electron chi connectivity index (χ1n) is 11.0. The zero-order valence-corrected chi connectivity index (χ0v) is 18.9. The maximum atomic E-state index is 13.2. The number of nitrogens with zero attached hydrogens (tertiary/aromatic N) is 2. The van der Waals surface area contributed by atoms with Gasteiger partial charge in [0.1, 0.15) is 12.3 Å². The van der Waals surface area contributed by atoms with Gasteiger partial charge in [0.05, 0.1) is 29.0 Å². The molecule has 10 nitrogen and oxygen atoms in total. The van der Waals surface area contributed by atoms with Gasteiger partial charge < -0.3 is 24.8 Å². The summed E-state index contributed by atoms with van der Waals surface area (Å²) in [7, 11) is 0. The van der Waals surface area contributed by atoms with Crippen LogP contribution in [0.1, 0.15) is 42.5 Å². The highest BCUT2D eigenvalue weighted by molar-refractivity contribution is 5.97. The third-order valence-electron chi connectivity index (χ3n) is 6.38. The van der Waals surface area contributed by atoms with E-state index in [0.717, 1.165) is 10.9 Å². The van der Waals surface area contributed by atoms with Gasteiger partial charge in [-0.05, 0) is 42.3 Å². The van der Waals surface area contributed by atoms with Crippen LogP contribution < -0.4 is 10.9 Å². The lowest BCUT2D eigenvalue weighted by Gasteiger charge is -2.31. The number of carbonyl (C=O) groups is 3. The highest BCUT2D eigenvalue weighted by Gasteiger charge is 2.45. The number of hydrogen-bond acceptors (Lipinski definition) is 7. The third-order valence-corrected chi connectivity index (χ3v) is 6.38. The minimum Gasteiger partial charge on any atom is -0.477 e. The molecule has 0 fully saturated rings. The summed E-state index contributed by atoms with van der Waals surface area (Å²) in [5.74, 6) is -2.53. The van der Waals surface area contributed by atoms with Crippen LogP contribution in [0.4, 0.5) is 0 Å². The van der Waals surface area contributed by atoms with Crippen LogP contribution in [0.2, 0.25) is 0 Å². The minimum absolute atomic E-state index is 0.0623. The molecule has 2 aliphatic heterocycles. The topological polar surface area (TPSA) is 148 Å². The van der Waals surface area contributed by atoms with Crippen molar-refractivity contribution in [1.82, 2.24) is 14.9 Å². The zero-order chi connectivity index (χ0) is 25.1.